The quantitative estimate of drug-likeness (QED) is 0.140. The van der Waals surface area contributed by atoms with E-state index >= 15 is 8.78 Å². The molecular weight excluding hydrogens is 682 g/mol. The molecule has 3 aliphatic heterocycles. The molecule has 0 bridgehead atoms. The predicted molar refractivity (Wildman–Crippen MR) is 203 cm³/mol. The lowest BCUT2D eigenvalue weighted by Crippen LogP contribution is -2.43. The minimum atomic E-state index is -2.27. The Kier molecular flexibility index (Phi) is 9.68. The first-order chi connectivity index (χ1) is 24.7. The van der Waals surface area contributed by atoms with Crippen LogP contribution in [0.2, 0.25) is 16.6 Å². The molecular formula is C40H49F3N6O2Si. The Hall–Kier alpha value is -3.92. The molecule has 0 unspecified atom stereocenters. The van der Waals surface area contributed by atoms with Crippen molar-refractivity contribution in [2.75, 3.05) is 37.7 Å². The minimum absolute atomic E-state index is 0.0155. The van der Waals surface area contributed by atoms with Gasteiger partial charge in [0, 0.05) is 49.2 Å². The average molecular weight is 731 g/mol. The van der Waals surface area contributed by atoms with Crippen molar-refractivity contribution in [1.29, 1.82) is 0 Å². The van der Waals surface area contributed by atoms with E-state index < -0.39 is 31.4 Å². The second-order valence-electron chi connectivity index (χ2n) is 16.0. The van der Waals surface area contributed by atoms with Crippen molar-refractivity contribution < 1.29 is 23.0 Å². The summed E-state index contributed by atoms with van der Waals surface area (Å²) in [5.41, 5.74) is 10.6. The summed E-state index contributed by atoms with van der Waals surface area (Å²) in [5.74, 6) is 2.31. The molecule has 3 fully saturated rings. The normalized spacial score (nSPS) is 22.3. The summed E-state index contributed by atoms with van der Waals surface area (Å²) >= 11 is 0. The third-order valence-electron chi connectivity index (χ3n) is 12.0. The van der Waals surface area contributed by atoms with E-state index in [1.807, 2.05) is 4.90 Å². The van der Waals surface area contributed by atoms with E-state index in [-0.39, 0.29) is 46.7 Å². The number of aromatic hydroxyl groups is 1. The highest BCUT2D eigenvalue weighted by atomic mass is 28.3. The maximum Gasteiger partial charge on any atom is 0.319 e. The smallest absolute Gasteiger partial charge is 0.319 e. The van der Waals surface area contributed by atoms with Gasteiger partial charge in [0.1, 0.15) is 49.4 Å². The molecule has 52 heavy (non-hydrogen) atoms. The summed E-state index contributed by atoms with van der Waals surface area (Å²) in [7, 11) is -2.27. The lowest BCUT2D eigenvalue weighted by Gasteiger charge is -2.38. The number of ether oxygens (including phenoxy) is 1. The van der Waals surface area contributed by atoms with Gasteiger partial charge >= 0.3 is 6.01 Å². The Morgan fingerprint density at radius 3 is 2.50 bits per heavy atom. The van der Waals surface area contributed by atoms with Gasteiger partial charge in [0.05, 0.1) is 16.5 Å². The zero-order valence-corrected chi connectivity index (χ0v) is 31.9. The molecule has 0 saturated carbocycles. The van der Waals surface area contributed by atoms with E-state index in [0.717, 1.165) is 25.8 Å². The van der Waals surface area contributed by atoms with Crippen LogP contribution >= 0.6 is 0 Å². The third-order valence-corrected chi connectivity index (χ3v) is 18.3. The number of halogens is 3. The molecule has 0 spiro atoms. The van der Waals surface area contributed by atoms with Crippen LogP contribution in [0.25, 0.3) is 32.9 Å². The fraction of sp³-hybridized carbons (Fsp3) is 0.525. The Labute approximate surface area is 305 Å². The van der Waals surface area contributed by atoms with Crippen LogP contribution in [-0.2, 0) is 0 Å². The number of anilines is 1. The number of pyridine rings is 1. The predicted octanol–water partition coefficient (Wildman–Crippen LogP) is 7.89. The molecule has 2 aromatic heterocycles. The number of hydrogen-bond donors (Lipinski definition) is 2. The van der Waals surface area contributed by atoms with Crippen LogP contribution in [0.5, 0.6) is 11.8 Å². The number of nitrogens with zero attached hydrogens (tertiary/aromatic N) is 5. The Balaban J connectivity index is 1.40. The number of phenols is 1. The second-order valence-corrected chi connectivity index (χ2v) is 21.6. The lowest BCUT2D eigenvalue weighted by atomic mass is 9.95. The molecule has 4 aromatic rings. The lowest BCUT2D eigenvalue weighted by molar-refractivity contribution is 0.107. The topological polar surface area (TPSA) is 101 Å². The monoisotopic (exact) mass is 730 g/mol. The average Bonchev–Trinajstić information content (AvgIpc) is 3.77. The van der Waals surface area contributed by atoms with Crippen molar-refractivity contribution in [3.8, 4) is 34.5 Å². The van der Waals surface area contributed by atoms with Gasteiger partial charge in [0.2, 0.25) is 0 Å². The molecule has 5 heterocycles. The van der Waals surface area contributed by atoms with Gasteiger partial charge in [-0.25, -0.2) is 13.2 Å². The van der Waals surface area contributed by atoms with E-state index in [1.54, 1.807) is 6.07 Å². The molecule has 3 N–H and O–H groups in total. The number of hydrogen-bond acceptors (Lipinski definition) is 8. The molecule has 8 nitrogen and oxygen atoms in total. The number of alkyl halides is 1. The third kappa shape index (κ3) is 6.18. The molecule has 276 valence electrons. The highest BCUT2D eigenvalue weighted by Crippen LogP contribution is 2.43. The van der Waals surface area contributed by atoms with Gasteiger partial charge in [0.25, 0.3) is 0 Å². The van der Waals surface area contributed by atoms with Gasteiger partial charge < -0.3 is 20.5 Å². The molecule has 0 radical (unpaired) electrons. The summed E-state index contributed by atoms with van der Waals surface area (Å²) in [6.45, 7) is 15.7. The van der Waals surface area contributed by atoms with E-state index in [0.29, 0.717) is 64.7 Å². The number of nitrogens with two attached hydrogens (primary N) is 1. The summed E-state index contributed by atoms with van der Waals surface area (Å²) in [4.78, 5) is 18.1. The van der Waals surface area contributed by atoms with E-state index in [4.69, 9.17) is 15.5 Å². The summed E-state index contributed by atoms with van der Waals surface area (Å²) in [5, 5.41) is 12.1. The van der Waals surface area contributed by atoms with Gasteiger partial charge in [-0.05, 0) is 66.0 Å². The van der Waals surface area contributed by atoms with Gasteiger partial charge in [0.15, 0.2) is 5.82 Å². The van der Waals surface area contributed by atoms with Crippen molar-refractivity contribution in [2.24, 2.45) is 5.73 Å². The van der Waals surface area contributed by atoms with Crippen molar-refractivity contribution in [3.05, 3.63) is 47.7 Å². The van der Waals surface area contributed by atoms with Crippen molar-refractivity contribution in [1.82, 2.24) is 19.9 Å². The molecule has 3 saturated heterocycles. The van der Waals surface area contributed by atoms with Gasteiger partial charge in [-0.15, -0.1) is 5.54 Å². The summed E-state index contributed by atoms with van der Waals surface area (Å²) < 4.78 is 53.9. The first kappa shape index (κ1) is 36.4. The van der Waals surface area contributed by atoms with Crippen molar-refractivity contribution >= 4 is 35.6 Å². The molecule has 3 atom stereocenters. The standard InChI is InChI=1S/C40H49F3N6O2Si/c1-23(2)52(24(3)4,25(5)6)15-11-30-33(42)9-8-26-16-29(50)17-31(34(26)30)36-35(43)37-32(19-45-36)38(48-14-10-28(44)21-48)47-39(46-37)51-22-40-12-7-13-49(40)20-27(41)18-40/h8-9,16-17,19,23-25,27-28,50H,7,10,12-14,18,20-22,44H2,1-6H3/t27-,28+,40+/m1/s1. The largest absolute Gasteiger partial charge is 0.508 e. The maximum absolute atomic E-state index is 17.2. The fourth-order valence-corrected chi connectivity index (χ4v) is 14.7. The molecule has 2 aromatic carbocycles. The van der Waals surface area contributed by atoms with Gasteiger partial charge in [-0.2, -0.15) is 9.97 Å². The van der Waals surface area contributed by atoms with E-state index in [9.17, 15) is 9.50 Å². The zero-order chi connectivity index (χ0) is 37.1. The van der Waals surface area contributed by atoms with Crippen LogP contribution in [0.3, 0.4) is 0 Å². The number of phenolic OH excluding ortho intramolecular Hbond substituents is 1. The van der Waals surface area contributed by atoms with E-state index in [1.165, 1.54) is 24.4 Å². The highest BCUT2D eigenvalue weighted by Gasteiger charge is 2.49. The first-order valence-corrected chi connectivity index (χ1v) is 20.8. The summed E-state index contributed by atoms with van der Waals surface area (Å²) in [6.07, 6.45) is 3.47. The zero-order valence-electron chi connectivity index (χ0n) is 30.9. The van der Waals surface area contributed by atoms with Crippen molar-refractivity contribution in [2.45, 2.75) is 102 Å². The van der Waals surface area contributed by atoms with Crippen LogP contribution in [-0.4, -0.2) is 83.6 Å². The number of benzene rings is 2. The van der Waals surface area contributed by atoms with Crippen LogP contribution in [0.15, 0.2) is 30.5 Å². The van der Waals surface area contributed by atoms with Gasteiger partial charge in [-0.1, -0.05) is 53.5 Å². The molecule has 0 aliphatic carbocycles. The molecule has 12 heteroatoms. The minimum Gasteiger partial charge on any atom is -0.508 e. The fourth-order valence-electron chi connectivity index (χ4n) is 9.48. The van der Waals surface area contributed by atoms with Crippen LogP contribution in [0, 0.1) is 23.1 Å². The number of fused-ring (bicyclic) bond motifs is 3. The van der Waals surface area contributed by atoms with Crippen molar-refractivity contribution in [3.63, 3.8) is 0 Å². The van der Waals surface area contributed by atoms with Crippen LogP contribution in [0.4, 0.5) is 19.0 Å². The Morgan fingerprint density at radius 1 is 1.06 bits per heavy atom. The number of rotatable bonds is 8. The van der Waals surface area contributed by atoms with E-state index in [2.05, 4.69) is 67.9 Å². The maximum atomic E-state index is 17.2. The highest BCUT2D eigenvalue weighted by molar-refractivity contribution is 6.90. The van der Waals surface area contributed by atoms with Gasteiger partial charge in [-0.3, -0.25) is 9.88 Å². The SMILES string of the molecule is CC(C)[Si](C#Cc1c(F)ccc2cc(O)cc(-c3ncc4c(N5CC[C@H](N)C5)nc(OC[C@@]56CCCN5C[C@H](F)C6)nc4c3F)c12)(C(C)C)C(C)C. The Bertz CT molecular complexity index is 2060. The second kappa shape index (κ2) is 13.8. The molecule has 0 amide bonds. The van der Waals surface area contributed by atoms with Crippen LogP contribution < -0.4 is 15.4 Å². The summed E-state index contributed by atoms with van der Waals surface area (Å²) in [6, 6.07) is 5.75. The molecule has 7 rings (SSSR count). The first-order valence-electron chi connectivity index (χ1n) is 18.6. The number of aromatic nitrogens is 3. The Morgan fingerprint density at radius 2 is 1.81 bits per heavy atom. The van der Waals surface area contributed by atoms with Crippen LogP contribution in [0.1, 0.15) is 72.8 Å². The molecule has 3 aliphatic rings.